The molecule has 2 rings (SSSR count). The minimum Gasteiger partial charge on any atom is -0.477 e. The number of ether oxygens (including phenoxy) is 1. The Morgan fingerprint density at radius 2 is 2.47 bits per heavy atom. The van der Waals surface area contributed by atoms with Crippen LogP contribution in [0.4, 0.5) is 0 Å². The summed E-state index contributed by atoms with van der Waals surface area (Å²) in [6, 6.07) is 0. The van der Waals surface area contributed by atoms with Gasteiger partial charge in [0.2, 0.25) is 0 Å². The van der Waals surface area contributed by atoms with E-state index in [-0.39, 0.29) is 15.2 Å². The normalized spacial score (nSPS) is 10.5. The van der Waals surface area contributed by atoms with Gasteiger partial charge in [-0.05, 0) is 6.92 Å². The second kappa shape index (κ2) is 4.72. The number of hydrogen-bond acceptors (Lipinski definition) is 5. The first-order valence-electron chi connectivity index (χ1n) is 4.70. The minimum atomic E-state index is -1.12. The van der Waals surface area contributed by atoms with Gasteiger partial charge < -0.3 is 9.84 Å². The van der Waals surface area contributed by atoms with Gasteiger partial charge in [0.05, 0.1) is 12.4 Å². The van der Waals surface area contributed by atoms with Crippen LogP contribution in [-0.2, 0) is 6.54 Å². The average Bonchev–Trinajstić information content (AvgIpc) is 2.85. The van der Waals surface area contributed by atoms with E-state index in [1.54, 1.807) is 10.9 Å². The number of aryl methyl sites for hydroxylation is 1. The molecule has 17 heavy (non-hydrogen) atoms. The molecule has 0 unspecified atom stereocenters. The molecule has 0 aliphatic heterocycles. The lowest BCUT2D eigenvalue weighted by Crippen LogP contribution is -1.92. The first-order chi connectivity index (χ1) is 8.10. The summed E-state index contributed by atoms with van der Waals surface area (Å²) in [5, 5.41) is 12.9. The van der Waals surface area contributed by atoms with E-state index in [9.17, 15) is 4.79 Å². The molecule has 0 atom stereocenters. The van der Waals surface area contributed by atoms with E-state index in [0.29, 0.717) is 5.75 Å². The summed E-state index contributed by atoms with van der Waals surface area (Å²) in [5.41, 5.74) is 0. The van der Waals surface area contributed by atoms with Crippen molar-refractivity contribution in [1.29, 1.82) is 0 Å². The average molecular weight is 274 g/mol. The van der Waals surface area contributed by atoms with E-state index in [1.165, 1.54) is 6.20 Å². The Hall–Kier alpha value is -1.60. The van der Waals surface area contributed by atoms with Crippen LogP contribution in [-0.4, -0.2) is 25.8 Å². The highest BCUT2D eigenvalue weighted by Crippen LogP contribution is 2.31. The van der Waals surface area contributed by atoms with Crippen LogP contribution in [0, 0.1) is 0 Å². The number of aromatic nitrogens is 3. The van der Waals surface area contributed by atoms with Crippen LogP contribution in [0.3, 0.4) is 0 Å². The molecule has 0 bridgehead atoms. The monoisotopic (exact) mass is 273 g/mol. The van der Waals surface area contributed by atoms with Crippen molar-refractivity contribution in [2.24, 2.45) is 0 Å². The Balaban J connectivity index is 2.18. The SMILES string of the molecule is CCn1cc(Oc2nc(Cl)c(C(=O)O)s2)cn1. The van der Waals surface area contributed by atoms with Crippen molar-refractivity contribution in [1.82, 2.24) is 14.8 Å². The van der Waals surface area contributed by atoms with Crippen LogP contribution in [0.5, 0.6) is 10.9 Å². The number of halogens is 1. The highest BCUT2D eigenvalue weighted by molar-refractivity contribution is 7.15. The van der Waals surface area contributed by atoms with Crippen molar-refractivity contribution in [3.05, 3.63) is 22.4 Å². The lowest BCUT2D eigenvalue weighted by atomic mass is 10.6. The third-order valence-electron chi connectivity index (χ3n) is 1.90. The number of rotatable bonds is 4. The summed E-state index contributed by atoms with van der Waals surface area (Å²) in [6.07, 6.45) is 3.22. The molecule has 0 spiro atoms. The van der Waals surface area contributed by atoms with Crippen LogP contribution >= 0.6 is 22.9 Å². The molecular formula is C9H8ClN3O3S. The van der Waals surface area contributed by atoms with Crippen LogP contribution in [0.25, 0.3) is 0 Å². The summed E-state index contributed by atoms with van der Waals surface area (Å²) in [7, 11) is 0. The van der Waals surface area contributed by atoms with Gasteiger partial charge in [0, 0.05) is 6.54 Å². The van der Waals surface area contributed by atoms with Gasteiger partial charge in [-0.3, -0.25) is 4.68 Å². The van der Waals surface area contributed by atoms with Gasteiger partial charge in [0.1, 0.15) is 0 Å². The Morgan fingerprint density at radius 1 is 1.71 bits per heavy atom. The fourth-order valence-corrected chi connectivity index (χ4v) is 2.12. The maximum absolute atomic E-state index is 10.8. The van der Waals surface area contributed by atoms with E-state index in [4.69, 9.17) is 21.4 Å². The first-order valence-corrected chi connectivity index (χ1v) is 5.89. The molecule has 2 aromatic heterocycles. The van der Waals surface area contributed by atoms with E-state index in [2.05, 4.69) is 10.1 Å². The molecule has 0 aromatic carbocycles. The molecule has 1 N–H and O–H groups in total. The number of thiazole rings is 1. The number of nitrogens with zero attached hydrogens (tertiary/aromatic N) is 3. The third-order valence-corrected chi connectivity index (χ3v) is 3.21. The zero-order valence-electron chi connectivity index (χ0n) is 8.75. The number of carboxylic acid groups (broad SMARTS) is 1. The second-order valence-corrected chi connectivity index (χ2v) is 4.36. The van der Waals surface area contributed by atoms with Crippen LogP contribution in [0.15, 0.2) is 12.4 Å². The Labute approximate surface area is 105 Å². The maximum Gasteiger partial charge on any atom is 0.349 e. The number of carbonyl (C=O) groups is 1. The second-order valence-electron chi connectivity index (χ2n) is 3.04. The standard InChI is InChI=1S/C9H8ClN3O3S/c1-2-13-4-5(3-11-13)16-9-12-7(10)6(17-9)8(14)15/h3-4H,2H2,1H3,(H,14,15). The maximum atomic E-state index is 10.8. The van der Waals surface area contributed by atoms with Crippen LogP contribution in [0.1, 0.15) is 16.6 Å². The van der Waals surface area contributed by atoms with E-state index < -0.39 is 5.97 Å². The van der Waals surface area contributed by atoms with Gasteiger partial charge >= 0.3 is 5.97 Å². The first kappa shape index (κ1) is 11.9. The van der Waals surface area contributed by atoms with Gasteiger partial charge in [-0.15, -0.1) is 0 Å². The molecule has 6 nitrogen and oxygen atoms in total. The predicted octanol–water partition coefficient (Wildman–Crippen LogP) is 2.50. The highest BCUT2D eigenvalue weighted by Gasteiger charge is 2.17. The highest BCUT2D eigenvalue weighted by atomic mass is 35.5. The largest absolute Gasteiger partial charge is 0.477 e. The van der Waals surface area contributed by atoms with Gasteiger partial charge in [0.15, 0.2) is 15.8 Å². The number of hydrogen-bond donors (Lipinski definition) is 1. The molecule has 0 saturated carbocycles. The Bertz CT molecular complexity index is 551. The fourth-order valence-electron chi connectivity index (χ4n) is 1.13. The molecule has 0 aliphatic rings. The quantitative estimate of drug-likeness (QED) is 0.926. The number of carboxylic acids is 1. The van der Waals surface area contributed by atoms with Crippen molar-refractivity contribution in [2.45, 2.75) is 13.5 Å². The zero-order valence-corrected chi connectivity index (χ0v) is 10.3. The minimum absolute atomic E-state index is 0.0375. The van der Waals surface area contributed by atoms with E-state index in [1.807, 2.05) is 6.92 Å². The summed E-state index contributed by atoms with van der Waals surface area (Å²) in [5.74, 6) is -0.624. The molecule has 0 radical (unpaired) electrons. The van der Waals surface area contributed by atoms with E-state index >= 15 is 0 Å². The lowest BCUT2D eigenvalue weighted by Gasteiger charge is -1.95. The predicted molar refractivity (Wildman–Crippen MR) is 62.1 cm³/mol. The lowest BCUT2D eigenvalue weighted by molar-refractivity contribution is 0.0702. The third kappa shape index (κ3) is 2.56. The Morgan fingerprint density at radius 3 is 3.00 bits per heavy atom. The number of aromatic carboxylic acids is 1. The van der Waals surface area contributed by atoms with Crippen molar-refractivity contribution in [3.8, 4) is 10.9 Å². The Kier molecular flexibility index (Phi) is 3.30. The molecule has 2 aromatic rings. The topological polar surface area (TPSA) is 77.2 Å². The zero-order chi connectivity index (χ0) is 12.4. The summed E-state index contributed by atoms with van der Waals surface area (Å²) in [4.78, 5) is 14.5. The molecule has 8 heteroatoms. The van der Waals surface area contributed by atoms with Gasteiger partial charge in [-0.2, -0.15) is 10.1 Å². The van der Waals surface area contributed by atoms with Gasteiger partial charge in [0.25, 0.3) is 5.19 Å². The fraction of sp³-hybridized carbons (Fsp3) is 0.222. The van der Waals surface area contributed by atoms with Gasteiger partial charge in [-0.25, -0.2) is 4.79 Å². The molecular weight excluding hydrogens is 266 g/mol. The molecule has 90 valence electrons. The molecule has 0 saturated heterocycles. The molecule has 0 aliphatic carbocycles. The van der Waals surface area contributed by atoms with Crippen molar-refractivity contribution in [3.63, 3.8) is 0 Å². The van der Waals surface area contributed by atoms with E-state index in [0.717, 1.165) is 17.9 Å². The van der Waals surface area contributed by atoms with Crippen LogP contribution in [0.2, 0.25) is 5.15 Å². The summed E-state index contributed by atoms with van der Waals surface area (Å²) in [6.45, 7) is 2.67. The van der Waals surface area contributed by atoms with Crippen molar-refractivity contribution >= 4 is 28.9 Å². The van der Waals surface area contributed by atoms with Gasteiger partial charge in [-0.1, -0.05) is 22.9 Å². The molecule has 2 heterocycles. The molecule has 0 amide bonds. The molecule has 0 fully saturated rings. The van der Waals surface area contributed by atoms with Crippen molar-refractivity contribution < 1.29 is 14.6 Å². The van der Waals surface area contributed by atoms with Crippen molar-refractivity contribution in [2.75, 3.05) is 0 Å². The smallest absolute Gasteiger partial charge is 0.349 e. The summed E-state index contributed by atoms with van der Waals surface area (Å²) < 4.78 is 7.03. The van der Waals surface area contributed by atoms with Crippen LogP contribution < -0.4 is 4.74 Å². The summed E-state index contributed by atoms with van der Waals surface area (Å²) >= 11 is 6.53.